The molecule has 0 saturated carbocycles. The first-order chi connectivity index (χ1) is 12.7. The Morgan fingerprint density at radius 2 is 1.81 bits per heavy atom. The van der Waals surface area contributed by atoms with E-state index in [1.807, 2.05) is 48.5 Å². The average Bonchev–Trinajstić information content (AvgIpc) is 2.96. The number of hydrogen-bond acceptors (Lipinski definition) is 2. The molecule has 0 aliphatic carbocycles. The first kappa shape index (κ1) is 18.2. The van der Waals surface area contributed by atoms with E-state index in [1.165, 1.54) is 0 Å². The fraction of sp³-hybridized carbons (Fsp3) is 0.238. The van der Waals surface area contributed by atoms with Crippen LogP contribution < -0.4 is 10.2 Å². The van der Waals surface area contributed by atoms with Crippen molar-refractivity contribution in [3.05, 3.63) is 70.9 Å². The van der Waals surface area contributed by atoms with Crippen molar-refractivity contribution in [3.8, 4) is 0 Å². The molecule has 1 aliphatic heterocycles. The molecule has 1 fully saturated rings. The predicted octanol–water partition coefficient (Wildman–Crippen LogP) is 4.86. The Kier molecular flexibility index (Phi) is 6.08. The first-order valence-corrected chi connectivity index (χ1v) is 9.25. The highest BCUT2D eigenvalue weighted by Crippen LogP contribution is 2.24. The van der Waals surface area contributed by atoms with Crippen molar-refractivity contribution in [2.75, 3.05) is 11.4 Å². The normalized spacial score (nSPS) is 17.2. The third-order valence-corrected chi connectivity index (χ3v) is 4.36. The zero-order valence-electron chi connectivity index (χ0n) is 14.8. The molecule has 0 bridgehead atoms. The second-order valence-electron chi connectivity index (χ2n) is 6.12. The average molecular weight is 368 g/mol. The lowest BCUT2D eigenvalue weighted by Crippen LogP contribution is -2.32. The van der Waals surface area contributed by atoms with Gasteiger partial charge in [0.2, 0.25) is 5.96 Å². The maximum absolute atomic E-state index is 13.0. The topological polar surface area (TPSA) is 44.7 Å². The number of rotatable bonds is 6. The summed E-state index contributed by atoms with van der Waals surface area (Å²) in [7, 11) is 0. The van der Waals surface area contributed by atoms with Crippen LogP contribution in [-0.2, 0) is 4.79 Å². The minimum Gasteiger partial charge on any atom is -0.321 e. The van der Waals surface area contributed by atoms with Crippen molar-refractivity contribution in [3.63, 3.8) is 0 Å². The Balaban J connectivity index is 1.91. The monoisotopic (exact) mass is 367 g/mol. The Morgan fingerprint density at radius 3 is 2.50 bits per heavy atom. The zero-order chi connectivity index (χ0) is 18.4. The van der Waals surface area contributed by atoms with E-state index < -0.39 is 0 Å². The second kappa shape index (κ2) is 8.68. The highest BCUT2D eigenvalue weighted by molar-refractivity contribution is 6.31. The molecule has 0 aromatic heterocycles. The van der Waals surface area contributed by atoms with Crippen LogP contribution in [0.1, 0.15) is 31.7 Å². The number of hydrogen-bond donors (Lipinski definition) is 1. The summed E-state index contributed by atoms with van der Waals surface area (Å²) < 4.78 is 0. The number of unbranched alkanes of at least 4 members (excludes halogenated alkanes) is 2. The Morgan fingerprint density at radius 1 is 1.08 bits per heavy atom. The van der Waals surface area contributed by atoms with Crippen LogP contribution in [0.15, 0.2) is 65.3 Å². The molecule has 1 saturated heterocycles. The number of nitrogens with one attached hydrogen (secondary N) is 1. The fourth-order valence-electron chi connectivity index (χ4n) is 2.75. The molecule has 5 heteroatoms. The number of guanidine groups is 1. The van der Waals surface area contributed by atoms with Gasteiger partial charge in [0.15, 0.2) is 0 Å². The van der Waals surface area contributed by atoms with E-state index in [9.17, 15) is 4.79 Å². The molecule has 3 rings (SSSR count). The third kappa shape index (κ3) is 4.33. The summed E-state index contributed by atoms with van der Waals surface area (Å²) in [6.45, 7) is 2.84. The van der Waals surface area contributed by atoms with Crippen molar-refractivity contribution < 1.29 is 4.79 Å². The van der Waals surface area contributed by atoms with Gasteiger partial charge in [-0.15, -0.1) is 0 Å². The number of carbonyl (C=O) groups excluding carboxylic acids is 1. The van der Waals surface area contributed by atoms with Crippen LogP contribution in [0, 0.1) is 0 Å². The van der Waals surface area contributed by atoms with Gasteiger partial charge in [-0.3, -0.25) is 9.79 Å². The molecule has 1 N–H and O–H groups in total. The Labute approximate surface area is 159 Å². The summed E-state index contributed by atoms with van der Waals surface area (Å²) >= 11 is 5.98. The van der Waals surface area contributed by atoms with Crippen molar-refractivity contribution >= 4 is 35.2 Å². The quantitative estimate of drug-likeness (QED) is 0.585. The molecule has 0 radical (unpaired) electrons. The Bertz CT molecular complexity index is 813. The molecule has 134 valence electrons. The smallest absolute Gasteiger partial charge is 0.281 e. The lowest BCUT2D eigenvalue weighted by Gasteiger charge is -2.15. The number of anilines is 1. The van der Waals surface area contributed by atoms with Crippen LogP contribution in [0.25, 0.3) is 6.08 Å². The highest BCUT2D eigenvalue weighted by Gasteiger charge is 2.33. The molecule has 0 atom stereocenters. The van der Waals surface area contributed by atoms with E-state index in [-0.39, 0.29) is 5.91 Å². The second-order valence-corrected chi connectivity index (χ2v) is 6.56. The number of carbonyl (C=O) groups is 1. The van der Waals surface area contributed by atoms with Gasteiger partial charge in [-0.05, 0) is 42.3 Å². The van der Waals surface area contributed by atoms with Crippen LogP contribution in [0.2, 0.25) is 5.02 Å². The van der Waals surface area contributed by atoms with Gasteiger partial charge in [0.05, 0.1) is 5.69 Å². The first-order valence-electron chi connectivity index (χ1n) is 8.87. The standard InChI is InChI=1S/C21H22ClN3O/c1-2-3-7-14-23-21-24-19(15-16-8-5-4-6-9-16)20(26)25(21)18-12-10-17(22)11-13-18/h4-6,8-13,15H,2-3,7,14H2,1H3,(H,23,24). The molecule has 1 aliphatic rings. The molecular formula is C21H22ClN3O. The summed E-state index contributed by atoms with van der Waals surface area (Å²) in [6.07, 6.45) is 5.11. The summed E-state index contributed by atoms with van der Waals surface area (Å²) in [4.78, 5) is 19.2. The fourth-order valence-corrected chi connectivity index (χ4v) is 2.87. The number of benzene rings is 2. The Hall–Kier alpha value is -2.59. The molecule has 26 heavy (non-hydrogen) atoms. The van der Waals surface area contributed by atoms with Crippen LogP contribution in [0.4, 0.5) is 5.69 Å². The predicted molar refractivity (Wildman–Crippen MR) is 108 cm³/mol. The van der Waals surface area contributed by atoms with Crippen LogP contribution in [0.3, 0.4) is 0 Å². The molecule has 2 aromatic rings. The molecule has 0 spiro atoms. The van der Waals surface area contributed by atoms with E-state index in [0.29, 0.717) is 23.2 Å². The van der Waals surface area contributed by atoms with Gasteiger partial charge in [-0.25, -0.2) is 4.90 Å². The van der Waals surface area contributed by atoms with Gasteiger partial charge >= 0.3 is 0 Å². The largest absolute Gasteiger partial charge is 0.321 e. The summed E-state index contributed by atoms with van der Waals surface area (Å²) in [5.74, 6) is 0.445. The molecule has 1 amide bonds. The zero-order valence-corrected chi connectivity index (χ0v) is 15.5. The summed E-state index contributed by atoms with van der Waals surface area (Å²) in [6, 6.07) is 17.0. The molecule has 4 nitrogen and oxygen atoms in total. The van der Waals surface area contributed by atoms with Crippen molar-refractivity contribution in [2.45, 2.75) is 26.2 Å². The van der Waals surface area contributed by atoms with Crippen LogP contribution in [0.5, 0.6) is 0 Å². The van der Waals surface area contributed by atoms with Gasteiger partial charge in [-0.2, -0.15) is 0 Å². The van der Waals surface area contributed by atoms with E-state index in [2.05, 4.69) is 17.2 Å². The van der Waals surface area contributed by atoms with Gasteiger partial charge in [0, 0.05) is 11.6 Å². The van der Waals surface area contributed by atoms with Gasteiger partial charge in [0.1, 0.15) is 5.70 Å². The van der Waals surface area contributed by atoms with Crippen molar-refractivity contribution in [1.82, 2.24) is 5.32 Å². The molecule has 1 heterocycles. The van der Waals surface area contributed by atoms with Gasteiger partial charge < -0.3 is 5.32 Å². The number of aliphatic imine (C=N–C) groups is 1. The number of amides is 1. The number of halogens is 1. The molecular weight excluding hydrogens is 346 g/mol. The van der Waals surface area contributed by atoms with Crippen molar-refractivity contribution in [2.24, 2.45) is 4.99 Å². The van der Waals surface area contributed by atoms with Crippen LogP contribution >= 0.6 is 11.6 Å². The maximum Gasteiger partial charge on any atom is 0.281 e. The minimum atomic E-state index is -0.120. The van der Waals surface area contributed by atoms with E-state index in [4.69, 9.17) is 11.6 Å². The highest BCUT2D eigenvalue weighted by atomic mass is 35.5. The summed E-state index contributed by atoms with van der Waals surface area (Å²) in [5.41, 5.74) is 2.23. The summed E-state index contributed by atoms with van der Waals surface area (Å²) in [5, 5.41) is 3.82. The maximum atomic E-state index is 13.0. The van der Waals surface area contributed by atoms with Gasteiger partial charge in [0.25, 0.3) is 5.91 Å². The van der Waals surface area contributed by atoms with E-state index >= 15 is 0 Å². The minimum absolute atomic E-state index is 0.120. The SMILES string of the molecule is CCCCCN=C1NC(=Cc2ccccc2)C(=O)N1c1ccc(Cl)cc1. The van der Waals surface area contributed by atoms with Crippen LogP contribution in [-0.4, -0.2) is 18.4 Å². The lowest BCUT2D eigenvalue weighted by atomic mass is 10.2. The lowest BCUT2D eigenvalue weighted by molar-refractivity contribution is -0.113. The van der Waals surface area contributed by atoms with Crippen molar-refractivity contribution in [1.29, 1.82) is 0 Å². The molecule has 2 aromatic carbocycles. The van der Waals surface area contributed by atoms with E-state index in [0.717, 1.165) is 30.5 Å². The third-order valence-electron chi connectivity index (χ3n) is 4.11. The number of nitrogens with zero attached hydrogens (tertiary/aromatic N) is 2. The molecule has 0 unspecified atom stereocenters. The van der Waals surface area contributed by atoms with E-state index in [1.54, 1.807) is 17.0 Å². The van der Waals surface area contributed by atoms with Gasteiger partial charge in [-0.1, -0.05) is 61.7 Å².